The van der Waals surface area contributed by atoms with E-state index in [0.717, 1.165) is 29.0 Å². The number of nitrogens with zero attached hydrogens (tertiary/aromatic N) is 1. The Hall–Kier alpha value is -1.55. The van der Waals surface area contributed by atoms with E-state index in [0.29, 0.717) is 13.0 Å². The Labute approximate surface area is 109 Å². The van der Waals surface area contributed by atoms with Crippen molar-refractivity contribution in [2.24, 2.45) is 5.73 Å². The molecule has 0 fully saturated rings. The SMILES string of the molecule is COc1ccc(N(C)C(=O)CCCN)c(C)c1C. The molecule has 0 aliphatic heterocycles. The van der Waals surface area contributed by atoms with Gasteiger partial charge in [-0.15, -0.1) is 0 Å². The standard InChI is InChI=1S/C14H22N2O2/c1-10-11(2)13(18-4)8-7-12(10)16(3)14(17)6-5-9-15/h7-8H,5-6,9,15H2,1-4H3. The van der Waals surface area contributed by atoms with E-state index in [9.17, 15) is 4.79 Å². The van der Waals surface area contributed by atoms with Gasteiger partial charge in [0.15, 0.2) is 0 Å². The molecule has 0 spiro atoms. The van der Waals surface area contributed by atoms with E-state index >= 15 is 0 Å². The molecule has 0 saturated heterocycles. The number of ether oxygens (including phenoxy) is 1. The van der Waals surface area contributed by atoms with Crippen molar-refractivity contribution in [3.8, 4) is 5.75 Å². The highest BCUT2D eigenvalue weighted by Gasteiger charge is 2.15. The minimum absolute atomic E-state index is 0.0908. The predicted molar refractivity (Wildman–Crippen MR) is 74.2 cm³/mol. The Morgan fingerprint density at radius 2 is 2.00 bits per heavy atom. The van der Waals surface area contributed by atoms with Crippen LogP contribution in [0.2, 0.25) is 0 Å². The van der Waals surface area contributed by atoms with Gasteiger partial charge in [0.25, 0.3) is 0 Å². The zero-order chi connectivity index (χ0) is 13.7. The Kier molecular flexibility index (Phi) is 5.16. The van der Waals surface area contributed by atoms with Crippen molar-refractivity contribution in [1.29, 1.82) is 0 Å². The van der Waals surface area contributed by atoms with Gasteiger partial charge in [-0.2, -0.15) is 0 Å². The Bertz CT molecular complexity index is 430. The molecule has 100 valence electrons. The average molecular weight is 250 g/mol. The third kappa shape index (κ3) is 3.01. The molecule has 0 heterocycles. The van der Waals surface area contributed by atoms with Gasteiger partial charge < -0.3 is 15.4 Å². The Balaban J connectivity index is 2.96. The van der Waals surface area contributed by atoms with E-state index in [2.05, 4.69) is 0 Å². The molecular formula is C14H22N2O2. The van der Waals surface area contributed by atoms with Gasteiger partial charge in [0.2, 0.25) is 5.91 Å². The van der Waals surface area contributed by atoms with Crippen molar-refractivity contribution in [1.82, 2.24) is 0 Å². The van der Waals surface area contributed by atoms with Crippen LogP contribution in [0.4, 0.5) is 5.69 Å². The highest BCUT2D eigenvalue weighted by atomic mass is 16.5. The van der Waals surface area contributed by atoms with E-state index in [1.54, 1.807) is 19.1 Å². The zero-order valence-corrected chi connectivity index (χ0v) is 11.6. The summed E-state index contributed by atoms with van der Waals surface area (Å²) in [5.74, 6) is 0.937. The molecule has 1 amide bonds. The average Bonchev–Trinajstić information content (AvgIpc) is 2.38. The molecule has 1 aromatic carbocycles. The minimum Gasteiger partial charge on any atom is -0.496 e. The van der Waals surface area contributed by atoms with Crippen molar-refractivity contribution < 1.29 is 9.53 Å². The van der Waals surface area contributed by atoms with Gasteiger partial charge in [-0.3, -0.25) is 4.79 Å². The van der Waals surface area contributed by atoms with Crippen molar-refractivity contribution in [3.63, 3.8) is 0 Å². The first kappa shape index (κ1) is 14.5. The molecule has 0 bridgehead atoms. The third-order valence-corrected chi connectivity index (χ3v) is 3.26. The van der Waals surface area contributed by atoms with Crippen LogP contribution in [0.15, 0.2) is 12.1 Å². The van der Waals surface area contributed by atoms with E-state index in [4.69, 9.17) is 10.5 Å². The Morgan fingerprint density at radius 3 is 2.56 bits per heavy atom. The first-order chi connectivity index (χ1) is 8.52. The summed E-state index contributed by atoms with van der Waals surface area (Å²) >= 11 is 0. The second kappa shape index (κ2) is 6.40. The highest BCUT2D eigenvalue weighted by Crippen LogP contribution is 2.29. The third-order valence-electron chi connectivity index (χ3n) is 3.26. The summed E-state index contributed by atoms with van der Waals surface area (Å²) in [6, 6.07) is 3.81. The number of carbonyl (C=O) groups excluding carboxylic acids is 1. The molecule has 0 unspecified atom stereocenters. The maximum absolute atomic E-state index is 12.0. The Morgan fingerprint density at radius 1 is 1.33 bits per heavy atom. The van der Waals surface area contributed by atoms with Gasteiger partial charge in [0.05, 0.1) is 7.11 Å². The molecule has 2 N–H and O–H groups in total. The van der Waals surface area contributed by atoms with Crippen LogP contribution >= 0.6 is 0 Å². The first-order valence-corrected chi connectivity index (χ1v) is 6.13. The lowest BCUT2D eigenvalue weighted by molar-refractivity contribution is -0.118. The molecule has 0 aliphatic carbocycles. The van der Waals surface area contributed by atoms with Crippen molar-refractivity contribution in [2.75, 3.05) is 25.6 Å². The monoisotopic (exact) mass is 250 g/mol. The largest absolute Gasteiger partial charge is 0.496 e. The normalized spacial score (nSPS) is 10.3. The topological polar surface area (TPSA) is 55.6 Å². The van der Waals surface area contributed by atoms with Crippen molar-refractivity contribution in [2.45, 2.75) is 26.7 Å². The van der Waals surface area contributed by atoms with Crippen molar-refractivity contribution in [3.05, 3.63) is 23.3 Å². The summed E-state index contributed by atoms with van der Waals surface area (Å²) in [7, 11) is 3.45. The van der Waals surface area contributed by atoms with Crippen LogP contribution in [0, 0.1) is 13.8 Å². The maximum Gasteiger partial charge on any atom is 0.226 e. The van der Waals surface area contributed by atoms with Crippen LogP contribution in [0.3, 0.4) is 0 Å². The second-order valence-electron chi connectivity index (χ2n) is 4.38. The quantitative estimate of drug-likeness (QED) is 0.869. The number of hydrogen-bond acceptors (Lipinski definition) is 3. The molecule has 18 heavy (non-hydrogen) atoms. The molecule has 0 atom stereocenters. The van der Waals surface area contributed by atoms with Gasteiger partial charge in [-0.1, -0.05) is 0 Å². The minimum atomic E-state index is 0.0908. The summed E-state index contributed by atoms with van der Waals surface area (Å²) in [6.07, 6.45) is 1.20. The lowest BCUT2D eigenvalue weighted by Gasteiger charge is -2.21. The van der Waals surface area contributed by atoms with Gasteiger partial charge in [0.1, 0.15) is 5.75 Å². The van der Waals surface area contributed by atoms with Crippen LogP contribution < -0.4 is 15.4 Å². The number of nitrogens with two attached hydrogens (primary N) is 1. The highest BCUT2D eigenvalue weighted by molar-refractivity contribution is 5.93. The molecule has 0 aliphatic rings. The van der Waals surface area contributed by atoms with Crippen LogP contribution in [0.1, 0.15) is 24.0 Å². The molecule has 1 aromatic rings. The molecule has 0 saturated carbocycles. The number of anilines is 1. The van der Waals surface area contributed by atoms with E-state index < -0.39 is 0 Å². The molecule has 4 heteroatoms. The van der Waals surface area contributed by atoms with E-state index in [1.165, 1.54) is 0 Å². The molecule has 0 aromatic heterocycles. The van der Waals surface area contributed by atoms with E-state index in [-0.39, 0.29) is 5.91 Å². The maximum atomic E-state index is 12.0. The number of hydrogen-bond donors (Lipinski definition) is 1. The molecule has 0 radical (unpaired) electrons. The zero-order valence-electron chi connectivity index (χ0n) is 11.6. The number of rotatable bonds is 5. The fourth-order valence-corrected chi connectivity index (χ4v) is 1.92. The number of benzene rings is 1. The fraction of sp³-hybridized carbons (Fsp3) is 0.500. The summed E-state index contributed by atoms with van der Waals surface area (Å²) in [4.78, 5) is 13.7. The van der Waals surface area contributed by atoms with Crippen molar-refractivity contribution >= 4 is 11.6 Å². The molecule has 4 nitrogen and oxygen atoms in total. The number of methoxy groups -OCH3 is 1. The molecule has 1 rings (SSSR count). The molecular weight excluding hydrogens is 228 g/mol. The fourth-order valence-electron chi connectivity index (χ4n) is 1.92. The van der Waals surface area contributed by atoms with Gasteiger partial charge >= 0.3 is 0 Å². The number of carbonyl (C=O) groups is 1. The second-order valence-corrected chi connectivity index (χ2v) is 4.38. The predicted octanol–water partition coefficient (Wildman–Crippen LogP) is 2.01. The lowest BCUT2D eigenvalue weighted by Crippen LogP contribution is -2.27. The number of amides is 1. The van der Waals surface area contributed by atoms with Gasteiger partial charge in [-0.25, -0.2) is 0 Å². The summed E-state index contributed by atoms with van der Waals surface area (Å²) < 4.78 is 5.27. The van der Waals surface area contributed by atoms with Crippen LogP contribution in [-0.4, -0.2) is 26.6 Å². The lowest BCUT2D eigenvalue weighted by atomic mass is 10.1. The summed E-state index contributed by atoms with van der Waals surface area (Å²) in [5.41, 5.74) is 8.48. The smallest absolute Gasteiger partial charge is 0.226 e. The van der Waals surface area contributed by atoms with E-state index in [1.807, 2.05) is 26.0 Å². The van der Waals surface area contributed by atoms with Crippen LogP contribution in [0.5, 0.6) is 5.75 Å². The van der Waals surface area contributed by atoms with Crippen LogP contribution in [-0.2, 0) is 4.79 Å². The first-order valence-electron chi connectivity index (χ1n) is 6.13. The van der Waals surface area contributed by atoms with Gasteiger partial charge in [0, 0.05) is 19.2 Å². The summed E-state index contributed by atoms with van der Waals surface area (Å²) in [5, 5.41) is 0. The van der Waals surface area contributed by atoms with Crippen LogP contribution in [0.25, 0.3) is 0 Å². The van der Waals surface area contributed by atoms with Gasteiger partial charge in [-0.05, 0) is 50.1 Å². The summed E-state index contributed by atoms with van der Waals surface area (Å²) in [6.45, 7) is 4.54.